The molecule has 0 saturated heterocycles. The van der Waals surface area contributed by atoms with Gasteiger partial charge < -0.3 is 20.3 Å². The molecule has 1 saturated carbocycles. The van der Waals surface area contributed by atoms with Crippen molar-refractivity contribution in [3.05, 3.63) is 63.2 Å². The topological polar surface area (TPSA) is 131 Å². The molecule has 0 bridgehead atoms. The van der Waals surface area contributed by atoms with Crippen molar-refractivity contribution in [2.75, 3.05) is 25.5 Å². The summed E-state index contributed by atoms with van der Waals surface area (Å²) in [6.45, 7) is -0.525. The number of nitrogens with zero attached hydrogens (tertiary/aromatic N) is 2. The Morgan fingerprint density at radius 2 is 1.77 bits per heavy atom. The third-order valence-corrected chi connectivity index (χ3v) is 6.12. The van der Waals surface area contributed by atoms with E-state index in [0.29, 0.717) is 11.4 Å². The number of nitrogens with one attached hydrogen (secondary N) is 2. The summed E-state index contributed by atoms with van der Waals surface area (Å²) >= 11 is 6.17. The number of nitro groups is 1. The average molecular weight is 503 g/mol. The lowest BCUT2D eigenvalue weighted by molar-refractivity contribution is -0.384. The quantitative estimate of drug-likeness (QED) is 0.396. The molecule has 0 atom stereocenters. The van der Waals surface area contributed by atoms with Gasteiger partial charge >= 0.3 is 0 Å². The number of benzene rings is 2. The Morgan fingerprint density at radius 3 is 2.37 bits per heavy atom. The highest BCUT2D eigenvalue weighted by Gasteiger charge is 2.30. The summed E-state index contributed by atoms with van der Waals surface area (Å²) in [5, 5.41) is 16.2. The first-order chi connectivity index (χ1) is 16.8. The smallest absolute Gasteiger partial charge is 0.270 e. The molecule has 35 heavy (non-hydrogen) atoms. The van der Waals surface area contributed by atoms with Crippen molar-refractivity contribution in [1.29, 1.82) is 0 Å². The maximum Gasteiger partial charge on any atom is 0.270 e. The summed E-state index contributed by atoms with van der Waals surface area (Å²) in [7, 11) is 1.54. The van der Waals surface area contributed by atoms with Gasteiger partial charge in [0.2, 0.25) is 11.8 Å². The minimum Gasteiger partial charge on any atom is -0.497 e. The highest BCUT2D eigenvalue weighted by molar-refractivity contribution is 6.34. The van der Waals surface area contributed by atoms with Crippen LogP contribution >= 0.6 is 11.6 Å². The lowest BCUT2D eigenvalue weighted by Crippen LogP contribution is -2.48. The number of methoxy groups -OCH3 is 1. The number of non-ortho nitro benzene ring substituents is 1. The molecule has 0 spiro atoms. The van der Waals surface area contributed by atoms with E-state index in [1.807, 2.05) is 0 Å². The fourth-order valence-electron chi connectivity index (χ4n) is 3.97. The Morgan fingerprint density at radius 1 is 1.09 bits per heavy atom. The average Bonchev–Trinajstić information content (AvgIpc) is 2.86. The van der Waals surface area contributed by atoms with E-state index < -0.39 is 22.6 Å². The van der Waals surface area contributed by atoms with E-state index in [1.54, 1.807) is 31.4 Å². The van der Waals surface area contributed by atoms with E-state index >= 15 is 0 Å². The molecular formula is C24H27ClN4O6. The largest absolute Gasteiger partial charge is 0.497 e. The molecule has 2 aromatic carbocycles. The number of carbonyl (C=O) groups is 3. The van der Waals surface area contributed by atoms with E-state index in [1.165, 1.54) is 17.0 Å². The van der Waals surface area contributed by atoms with Gasteiger partial charge in [-0.1, -0.05) is 30.9 Å². The Bertz CT molecular complexity index is 1090. The Balaban J connectivity index is 1.65. The van der Waals surface area contributed by atoms with Crippen molar-refractivity contribution in [3.63, 3.8) is 0 Å². The van der Waals surface area contributed by atoms with E-state index in [-0.39, 0.29) is 35.4 Å². The molecule has 1 fully saturated rings. The number of halogens is 1. The third-order valence-electron chi connectivity index (χ3n) is 5.80. The number of anilines is 1. The van der Waals surface area contributed by atoms with Crippen LogP contribution in [0.4, 0.5) is 11.4 Å². The zero-order valence-electron chi connectivity index (χ0n) is 19.3. The van der Waals surface area contributed by atoms with Gasteiger partial charge in [-0.3, -0.25) is 24.5 Å². The van der Waals surface area contributed by atoms with Crippen LogP contribution in [0.15, 0.2) is 42.5 Å². The molecule has 10 nitrogen and oxygen atoms in total. The molecule has 2 N–H and O–H groups in total. The first-order valence-corrected chi connectivity index (χ1v) is 11.6. The van der Waals surface area contributed by atoms with Crippen LogP contribution in [-0.4, -0.2) is 53.8 Å². The van der Waals surface area contributed by atoms with E-state index in [4.69, 9.17) is 16.3 Å². The molecule has 3 amide bonds. The van der Waals surface area contributed by atoms with Crippen molar-refractivity contribution < 1.29 is 24.0 Å². The number of ether oxygens (including phenoxy) is 1. The van der Waals surface area contributed by atoms with Crippen LogP contribution in [0.5, 0.6) is 5.75 Å². The van der Waals surface area contributed by atoms with Gasteiger partial charge in [0.15, 0.2) is 0 Å². The number of carbonyl (C=O) groups excluding carboxylic acids is 3. The van der Waals surface area contributed by atoms with E-state index in [9.17, 15) is 24.5 Å². The second-order valence-electron chi connectivity index (χ2n) is 8.20. The van der Waals surface area contributed by atoms with Gasteiger partial charge in [-0.05, 0) is 43.2 Å². The maximum absolute atomic E-state index is 13.3. The number of hydrogen-bond donors (Lipinski definition) is 2. The zero-order valence-corrected chi connectivity index (χ0v) is 20.0. The van der Waals surface area contributed by atoms with Crippen molar-refractivity contribution in [3.8, 4) is 5.75 Å². The first kappa shape index (κ1) is 26.0. The number of amides is 3. The van der Waals surface area contributed by atoms with Gasteiger partial charge in [-0.2, -0.15) is 0 Å². The lowest BCUT2D eigenvalue weighted by atomic mass is 9.93. The zero-order chi connectivity index (χ0) is 25.4. The molecule has 1 aliphatic carbocycles. The number of nitro benzene ring substituents is 1. The van der Waals surface area contributed by atoms with Gasteiger partial charge in [0.1, 0.15) is 12.3 Å². The van der Waals surface area contributed by atoms with Crippen LogP contribution in [0.3, 0.4) is 0 Å². The highest BCUT2D eigenvalue weighted by atomic mass is 35.5. The van der Waals surface area contributed by atoms with Gasteiger partial charge in [0.25, 0.3) is 11.6 Å². The molecule has 0 radical (unpaired) electrons. The first-order valence-electron chi connectivity index (χ1n) is 11.2. The molecule has 11 heteroatoms. The lowest BCUT2D eigenvalue weighted by Gasteiger charge is -2.34. The number of hydrogen-bond acceptors (Lipinski definition) is 6. The molecule has 0 aliphatic heterocycles. The van der Waals surface area contributed by atoms with Crippen LogP contribution < -0.4 is 15.4 Å². The minimum atomic E-state index is -0.594. The summed E-state index contributed by atoms with van der Waals surface area (Å²) in [6.07, 6.45) is 4.38. The van der Waals surface area contributed by atoms with Crippen LogP contribution in [0, 0.1) is 10.1 Å². The number of rotatable bonds is 9. The predicted octanol–water partition coefficient (Wildman–Crippen LogP) is 3.79. The molecule has 0 unspecified atom stereocenters. The molecule has 0 heterocycles. The van der Waals surface area contributed by atoms with Gasteiger partial charge in [-0.15, -0.1) is 0 Å². The highest BCUT2D eigenvalue weighted by Crippen LogP contribution is 2.28. The molecule has 1 aliphatic rings. The van der Waals surface area contributed by atoms with E-state index in [0.717, 1.165) is 38.2 Å². The predicted molar refractivity (Wildman–Crippen MR) is 131 cm³/mol. The summed E-state index contributed by atoms with van der Waals surface area (Å²) in [4.78, 5) is 50.1. The second kappa shape index (κ2) is 12.2. The van der Waals surface area contributed by atoms with Gasteiger partial charge in [-0.25, -0.2) is 0 Å². The second-order valence-corrected chi connectivity index (χ2v) is 8.61. The summed E-state index contributed by atoms with van der Waals surface area (Å²) in [5.41, 5.74) is 0.418. The van der Waals surface area contributed by atoms with Gasteiger partial charge in [0.05, 0.1) is 29.2 Å². The fraction of sp³-hybridized carbons (Fsp3) is 0.375. The molecule has 2 aromatic rings. The van der Waals surface area contributed by atoms with Crippen LogP contribution in [0.25, 0.3) is 0 Å². The van der Waals surface area contributed by atoms with Crippen LogP contribution in [0.2, 0.25) is 5.02 Å². The standard InChI is InChI=1S/C24H27ClN4O6/c1-35-19-10-7-16(8-11-19)27-22(30)14-26-23(31)15-28(17-5-3-2-4-6-17)24(32)20-12-9-18(29(33)34)13-21(20)25/h7-13,17H,2-6,14-15H2,1H3,(H,26,31)(H,27,30). The van der Waals surface area contributed by atoms with Crippen molar-refractivity contribution >= 4 is 40.7 Å². The molecule has 3 rings (SSSR count). The SMILES string of the molecule is COc1ccc(NC(=O)CNC(=O)CN(C(=O)c2ccc([N+](=O)[O-])cc2Cl)C2CCCCC2)cc1. The Kier molecular flexibility index (Phi) is 9.02. The third kappa shape index (κ3) is 7.16. The van der Waals surface area contributed by atoms with Crippen molar-refractivity contribution in [1.82, 2.24) is 10.2 Å². The molecule has 0 aromatic heterocycles. The Labute approximate surface area is 207 Å². The van der Waals surface area contributed by atoms with Crippen molar-refractivity contribution in [2.45, 2.75) is 38.1 Å². The fourth-order valence-corrected chi connectivity index (χ4v) is 4.23. The van der Waals surface area contributed by atoms with Crippen molar-refractivity contribution in [2.24, 2.45) is 0 Å². The summed E-state index contributed by atoms with van der Waals surface area (Å²) in [6, 6.07) is 10.2. The normalized spacial score (nSPS) is 13.5. The maximum atomic E-state index is 13.3. The summed E-state index contributed by atoms with van der Waals surface area (Å²) in [5.74, 6) is -0.740. The molecule has 186 valence electrons. The van der Waals surface area contributed by atoms with Gasteiger partial charge in [0, 0.05) is 23.9 Å². The van der Waals surface area contributed by atoms with Crippen LogP contribution in [-0.2, 0) is 9.59 Å². The monoisotopic (exact) mass is 502 g/mol. The summed E-state index contributed by atoms with van der Waals surface area (Å²) < 4.78 is 5.07. The van der Waals surface area contributed by atoms with E-state index in [2.05, 4.69) is 10.6 Å². The molecular weight excluding hydrogens is 476 g/mol. The van der Waals surface area contributed by atoms with Crippen LogP contribution in [0.1, 0.15) is 42.5 Å². The minimum absolute atomic E-state index is 0.0516. The Hall–Kier alpha value is -3.66.